The second-order valence-electron chi connectivity index (χ2n) is 6.49. The summed E-state index contributed by atoms with van der Waals surface area (Å²) >= 11 is 14.3. The third-order valence-electron chi connectivity index (χ3n) is 4.85. The lowest BCUT2D eigenvalue weighted by Crippen LogP contribution is -2.33. The Morgan fingerprint density at radius 1 is 1.04 bits per heavy atom. The summed E-state index contributed by atoms with van der Waals surface area (Å²) in [5, 5.41) is 17.4. The molecule has 1 atom stereocenters. The standard InChI is InChI=1S/C19H19Cl2NOS/c20-12-8-14-13-4-7-24-19(13)16(10-15(14)17(21)9-12)18(23)11-22-5-2-1-3-6-22/h4,7-10,18,23H,1-3,5-6,11H2. The maximum absolute atomic E-state index is 10.9. The van der Waals surface area contributed by atoms with Crippen LogP contribution in [-0.4, -0.2) is 29.6 Å². The van der Waals surface area contributed by atoms with Crippen molar-refractivity contribution in [3.8, 4) is 0 Å². The number of likely N-dealkylation sites (tertiary alicyclic amines) is 1. The Hall–Kier alpha value is -0.840. The first-order chi connectivity index (χ1) is 11.6. The number of β-amino-alcohol motifs (C(OH)–C–C–N with tert-alkyl or cyclic N) is 1. The number of hydrogen-bond acceptors (Lipinski definition) is 3. The number of aliphatic hydroxyl groups excluding tert-OH is 1. The van der Waals surface area contributed by atoms with Crippen LogP contribution in [0.15, 0.2) is 29.6 Å². The average molecular weight is 380 g/mol. The van der Waals surface area contributed by atoms with Gasteiger partial charge in [0.05, 0.1) is 6.10 Å². The Morgan fingerprint density at radius 3 is 2.62 bits per heavy atom. The predicted molar refractivity (Wildman–Crippen MR) is 105 cm³/mol. The molecule has 0 amide bonds. The van der Waals surface area contributed by atoms with Gasteiger partial charge in [-0.25, -0.2) is 0 Å². The summed E-state index contributed by atoms with van der Waals surface area (Å²) in [5.41, 5.74) is 0.974. The summed E-state index contributed by atoms with van der Waals surface area (Å²) in [4.78, 5) is 2.36. The topological polar surface area (TPSA) is 23.5 Å². The molecule has 0 spiro atoms. The summed E-state index contributed by atoms with van der Waals surface area (Å²) < 4.78 is 1.13. The first-order valence-electron chi connectivity index (χ1n) is 8.33. The van der Waals surface area contributed by atoms with Crippen LogP contribution in [0.5, 0.6) is 0 Å². The number of thiophene rings is 1. The number of piperidine rings is 1. The highest BCUT2D eigenvalue weighted by atomic mass is 35.5. The molecule has 0 saturated carbocycles. The van der Waals surface area contributed by atoms with Crippen LogP contribution in [0.2, 0.25) is 10.0 Å². The highest BCUT2D eigenvalue weighted by Gasteiger charge is 2.20. The smallest absolute Gasteiger partial charge is 0.0930 e. The maximum Gasteiger partial charge on any atom is 0.0930 e. The minimum absolute atomic E-state index is 0.500. The van der Waals surface area contributed by atoms with Gasteiger partial charge < -0.3 is 10.0 Å². The normalized spacial score (nSPS) is 17.6. The fourth-order valence-electron chi connectivity index (χ4n) is 3.65. The molecule has 2 nitrogen and oxygen atoms in total. The van der Waals surface area contributed by atoms with Crippen molar-refractivity contribution >= 4 is 55.4 Å². The first kappa shape index (κ1) is 16.6. The van der Waals surface area contributed by atoms with Gasteiger partial charge in [-0.1, -0.05) is 29.6 Å². The van der Waals surface area contributed by atoms with Gasteiger partial charge in [0, 0.05) is 37.6 Å². The van der Waals surface area contributed by atoms with Crippen LogP contribution in [0, 0.1) is 0 Å². The first-order valence-corrected chi connectivity index (χ1v) is 9.96. The quantitative estimate of drug-likeness (QED) is 0.613. The van der Waals surface area contributed by atoms with Gasteiger partial charge in [-0.15, -0.1) is 11.3 Å². The van der Waals surface area contributed by atoms with Gasteiger partial charge >= 0.3 is 0 Å². The van der Waals surface area contributed by atoms with Gasteiger partial charge in [0.1, 0.15) is 0 Å². The fraction of sp³-hybridized carbons (Fsp3) is 0.368. The number of nitrogens with zero attached hydrogens (tertiary/aromatic N) is 1. The molecule has 2 aromatic carbocycles. The van der Waals surface area contributed by atoms with Crippen molar-refractivity contribution in [1.29, 1.82) is 0 Å². The molecule has 1 aliphatic heterocycles. The molecule has 1 saturated heterocycles. The van der Waals surface area contributed by atoms with Crippen LogP contribution in [0.4, 0.5) is 0 Å². The van der Waals surface area contributed by atoms with Crippen LogP contribution >= 0.6 is 34.5 Å². The zero-order chi connectivity index (χ0) is 16.7. The molecule has 3 aromatic rings. The van der Waals surface area contributed by atoms with E-state index in [0.29, 0.717) is 16.6 Å². The average Bonchev–Trinajstić information content (AvgIpc) is 3.05. The van der Waals surface area contributed by atoms with E-state index < -0.39 is 6.10 Å². The van der Waals surface area contributed by atoms with Gasteiger partial charge in [-0.2, -0.15) is 0 Å². The van der Waals surface area contributed by atoms with Gasteiger partial charge in [0.2, 0.25) is 0 Å². The highest BCUT2D eigenvalue weighted by molar-refractivity contribution is 7.17. The zero-order valence-corrected chi connectivity index (χ0v) is 15.6. The number of hydrogen-bond donors (Lipinski definition) is 1. The number of aliphatic hydroxyl groups is 1. The van der Waals surface area contributed by atoms with Crippen molar-refractivity contribution in [3.63, 3.8) is 0 Å². The van der Waals surface area contributed by atoms with E-state index in [1.54, 1.807) is 17.4 Å². The molecule has 1 fully saturated rings. The van der Waals surface area contributed by atoms with Crippen molar-refractivity contribution in [2.45, 2.75) is 25.4 Å². The molecule has 0 bridgehead atoms. The lowest BCUT2D eigenvalue weighted by Gasteiger charge is -2.28. The van der Waals surface area contributed by atoms with Crippen molar-refractivity contribution in [3.05, 3.63) is 45.3 Å². The lowest BCUT2D eigenvalue weighted by atomic mass is 9.99. The van der Waals surface area contributed by atoms with Gasteiger partial charge in [0.25, 0.3) is 0 Å². The minimum Gasteiger partial charge on any atom is -0.387 e. The van der Waals surface area contributed by atoms with Crippen LogP contribution in [0.1, 0.15) is 30.9 Å². The molecule has 5 heteroatoms. The Labute approximate surface area is 155 Å². The zero-order valence-electron chi connectivity index (χ0n) is 13.3. The Morgan fingerprint density at radius 2 is 1.83 bits per heavy atom. The molecule has 2 heterocycles. The number of rotatable bonds is 3. The molecular formula is C19H19Cl2NOS. The van der Waals surface area contributed by atoms with Gasteiger partial charge in [-0.3, -0.25) is 0 Å². The van der Waals surface area contributed by atoms with Crippen molar-refractivity contribution < 1.29 is 5.11 Å². The monoisotopic (exact) mass is 379 g/mol. The molecule has 1 aromatic heterocycles. The molecule has 24 heavy (non-hydrogen) atoms. The number of halogens is 2. The van der Waals surface area contributed by atoms with E-state index in [4.69, 9.17) is 23.2 Å². The summed E-state index contributed by atoms with van der Waals surface area (Å²) in [6.07, 6.45) is 3.25. The molecule has 126 valence electrons. The van der Waals surface area contributed by atoms with Crippen LogP contribution in [-0.2, 0) is 0 Å². The Balaban J connectivity index is 1.80. The predicted octanol–water partition coefficient (Wildman–Crippen LogP) is 5.88. The second kappa shape index (κ2) is 6.81. The molecule has 0 radical (unpaired) electrons. The Kier molecular flexibility index (Phi) is 4.72. The van der Waals surface area contributed by atoms with Crippen molar-refractivity contribution in [2.75, 3.05) is 19.6 Å². The molecular weight excluding hydrogens is 361 g/mol. The SMILES string of the molecule is OC(CN1CCCCC1)c1cc2c(Cl)cc(Cl)cc2c2ccsc12. The van der Waals surface area contributed by atoms with E-state index >= 15 is 0 Å². The largest absolute Gasteiger partial charge is 0.387 e. The van der Waals surface area contributed by atoms with E-state index in [0.717, 1.165) is 39.5 Å². The Bertz CT molecular complexity index is 886. The van der Waals surface area contributed by atoms with Crippen molar-refractivity contribution in [2.24, 2.45) is 0 Å². The second-order valence-corrected chi connectivity index (χ2v) is 8.25. The van der Waals surface area contributed by atoms with E-state index in [1.807, 2.05) is 12.1 Å². The van der Waals surface area contributed by atoms with Gasteiger partial charge in [0.15, 0.2) is 0 Å². The minimum atomic E-state index is -0.500. The van der Waals surface area contributed by atoms with Crippen LogP contribution in [0.3, 0.4) is 0 Å². The van der Waals surface area contributed by atoms with Crippen molar-refractivity contribution in [1.82, 2.24) is 4.90 Å². The highest BCUT2D eigenvalue weighted by Crippen LogP contribution is 2.39. The molecule has 1 aliphatic rings. The van der Waals surface area contributed by atoms with E-state index in [-0.39, 0.29) is 0 Å². The third kappa shape index (κ3) is 3.04. The lowest BCUT2D eigenvalue weighted by molar-refractivity contribution is 0.103. The third-order valence-corrected chi connectivity index (χ3v) is 6.34. The van der Waals surface area contributed by atoms with Crippen LogP contribution < -0.4 is 0 Å². The molecule has 4 rings (SSSR count). The van der Waals surface area contributed by atoms with Gasteiger partial charge in [-0.05, 0) is 61.0 Å². The number of fused-ring (bicyclic) bond motifs is 3. The number of benzene rings is 2. The van der Waals surface area contributed by atoms with Crippen LogP contribution in [0.25, 0.3) is 20.9 Å². The molecule has 1 unspecified atom stereocenters. The summed E-state index contributed by atoms with van der Waals surface area (Å²) in [7, 11) is 0. The van der Waals surface area contributed by atoms with E-state index in [1.165, 1.54) is 19.3 Å². The fourth-order valence-corrected chi connectivity index (χ4v) is 5.18. The summed E-state index contributed by atoms with van der Waals surface area (Å²) in [6.45, 7) is 2.84. The van der Waals surface area contributed by atoms with E-state index in [2.05, 4.69) is 16.3 Å². The summed E-state index contributed by atoms with van der Waals surface area (Å²) in [6, 6.07) is 7.86. The maximum atomic E-state index is 10.9. The molecule has 0 aliphatic carbocycles. The molecule has 1 N–H and O–H groups in total. The summed E-state index contributed by atoms with van der Waals surface area (Å²) in [5.74, 6) is 0. The van der Waals surface area contributed by atoms with E-state index in [9.17, 15) is 5.11 Å².